The van der Waals surface area contributed by atoms with Crippen molar-refractivity contribution >= 4 is 54.4 Å². The fourth-order valence-corrected chi connectivity index (χ4v) is 8.50. The van der Waals surface area contributed by atoms with Crippen molar-refractivity contribution in [2.45, 2.75) is 6.42 Å². The number of hydrogen-bond donors (Lipinski definition) is 0. The van der Waals surface area contributed by atoms with E-state index in [2.05, 4.69) is 179 Å². The van der Waals surface area contributed by atoms with Crippen LogP contribution in [-0.4, -0.2) is 9.13 Å². The molecule has 2 nitrogen and oxygen atoms in total. The first-order chi connectivity index (χ1) is 24.3. The van der Waals surface area contributed by atoms with Gasteiger partial charge in [0.15, 0.2) is 0 Å². The van der Waals surface area contributed by atoms with Gasteiger partial charge in [0.1, 0.15) is 0 Å². The summed E-state index contributed by atoms with van der Waals surface area (Å²) in [5.41, 5.74) is 15.3. The summed E-state index contributed by atoms with van der Waals surface area (Å²) in [7, 11) is 0. The summed E-state index contributed by atoms with van der Waals surface area (Å²) < 4.78 is 4.88. The average molecular weight is 623 g/mol. The van der Waals surface area contributed by atoms with Crippen LogP contribution in [0.3, 0.4) is 0 Å². The summed E-state index contributed by atoms with van der Waals surface area (Å²) in [5, 5.41) is 7.61. The van der Waals surface area contributed by atoms with Gasteiger partial charge in [-0.3, -0.25) is 0 Å². The molecular formula is C47H30N2. The van der Waals surface area contributed by atoms with Crippen LogP contribution in [0.5, 0.6) is 0 Å². The SMILES string of the molecule is c1ccc(-n2c3ccc(-c4ccc5c(c4)c4ccccc4n5-c4cccc5ccccc45)cc3c3cc4c(cc32)Cc2ccccc2-4)cc1. The standard InChI is InChI=1S/C47H30N2/c1-2-14-35(15-3-1)48-45-23-21-32(27-41(45)42-29-39-34(28-47(42)48)25-33-12-5-6-16-36(33)39)31-22-24-46-40(26-31)38-18-8-9-19-44(38)49(46)43-20-10-13-30-11-4-7-17-37(30)43/h1-24,26-29H,25H2. The highest BCUT2D eigenvalue weighted by Gasteiger charge is 2.22. The quantitative estimate of drug-likeness (QED) is 0.186. The van der Waals surface area contributed by atoms with E-state index in [1.807, 2.05) is 0 Å². The molecule has 0 spiro atoms. The van der Waals surface area contributed by atoms with E-state index in [0.717, 1.165) is 6.42 Å². The van der Waals surface area contributed by atoms with Crippen LogP contribution < -0.4 is 0 Å². The van der Waals surface area contributed by atoms with Gasteiger partial charge in [-0.25, -0.2) is 0 Å². The fraction of sp³-hybridized carbons (Fsp3) is 0.0213. The molecule has 2 heteroatoms. The number of para-hydroxylation sites is 2. The van der Waals surface area contributed by atoms with Crippen LogP contribution in [0.15, 0.2) is 170 Å². The van der Waals surface area contributed by atoms with Gasteiger partial charge in [0.05, 0.1) is 27.8 Å². The van der Waals surface area contributed by atoms with E-state index in [9.17, 15) is 0 Å². The number of nitrogens with zero attached hydrogens (tertiary/aromatic N) is 2. The molecule has 0 saturated heterocycles. The van der Waals surface area contributed by atoms with E-state index in [4.69, 9.17) is 0 Å². The third-order valence-corrected chi connectivity index (χ3v) is 10.7. The van der Waals surface area contributed by atoms with Crippen LogP contribution in [0.2, 0.25) is 0 Å². The van der Waals surface area contributed by atoms with Crippen molar-refractivity contribution < 1.29 is 0 Å². The molecule has 8 aromatic carbocycles. The van der Waals surface area contributed by atoms with Crippen molar-refractivity contribution in [3.05, 3.63) is 181 Å². The Hall–Kier alpha value is -6.38. The van der Waals surface area contributed by atoms with Crippen molar-refractivity contribution in [3.8, 4) is 33.6 Å². The summed E-state index contributed by atoms with van der Waals surface area (Å²) in [5.74, 6) is 0. The van der Waals surface area contributed by atoms with Crippen molar-refractivity contribution in [3.63, 3.8) is 0 Å². The van der Waals surface area contributed by atoms with E-state index in [-0.39, 0.29) is 0 Å². The molecule has 0 bridgehead atoms. The Morgan fingerprint density at radius 2 is 0.980 bits per heavy atom. The molecule has 0 saturated carbocycles. The highest BCUT2D eigenvalue weighted by molar-refractivity contribution is 6.14. The number of benzene rings is 8. The molecule has 0 N–H and O–H groups in total. The van der Waals surface area contributed by atoms with E-state index in [1.54, 1.807) is 0 Å². The van der Waals surface area contributed by atoms with Crippen LogP contribution in [-0.2, 0) is 6.42 Å². The second-order valence-electron chi connectivity index (χ2n) is 13.3. The van der Waals surface area contributed by atoms with E-state index >= 15 is 0 Å². The topological polar surface area (TPSA) is 9.86 Å². The maximum absolute atomic E-state index is 2.45. The van der Waals surface area contributed by atoms with E-state index in [1.165, 1.54) is 99.1 Å². The van der Waals surface area contributed by atoms with Crippen molar-refractivity contribution in [2.24, 2.45) is 0 Å². The lowest BCUT2D eigenvalue weighted by Gasteiger charge is -2.12. The van der Waals surface area contributed by atoms with Crippen LogP contribution in [0.25, 0.3) is 88.0 Å². The van der Waals surface area contributed by atoms with E-state index in [0.29, 0.717) is 0 Å². The molecule has 2 aromatic heterocycles. The molecule has 0 aliphatic heterocycles. The Morgan fingerprint density at radius 3 is 1.84 bits per heavy atom. The van der Waals surface area contributed by atoms with Gasteiger partial charge in [-0.05, 0) is 106 Å². The number of fused-ring (bicyclic) bond motifs is 10. The lowest BCUT2D eigenvalue weighted by molar-refractivity contribution is 1.17. The number of hydrogen-bond acceptors (Lipinski definition) is 0. The summed E-state index contributed by atoms with van der Waals surface area (Å²) >= 11 is 0. The van der Waals surface area contributed by atoms with Gasteiger partial charge < -0.3 is 9.13 Å². The van der Waals surface area contributed by atoms with Crippen molar-refractivity contribution in [1.82, 2.24) is 9.13 Å². The first-order valence-electron chi connectivity index (χ1n) is 17.1. The minimum Gasteiger partial charge on any atom is -0.309 e. The molecular weight excluding hydrogens is 593 g/mol. The molecule has 10 aromatic rings. The van der Waals surface area contributed by atoms with Crippen LogP contribution in [0.1, 0.15) is 11.1 Å². The van der Waals surface area contributed by atoms with Gasteiger partial charge in [0, 0.05) is 32.6 Å². The summed E-state index contributed by atoms with van der Waals surface area (Å²) in [6, 6.07) is 62.7. The summed E-state index contributed by atoms with van der Waals surface area (Å²) in [6.07, 6.45) is 0.982. The van der Waals surface area contributed by atoms with Gasteiger partial charge in [0.25, 0.3) is 0 Å². The Morgan fingerprint density at radius 1 is 0.347 bits per heavy atom. The van der Waals surface area contributed by atoms with Gasteiger partial charge >= 0.3 is 0 Å². The Balaban J connectivity index is 1.15. The monoisotopic (exact) mass is 622 g/mol. The Kier molecular flexibility index (Phi) is 5.47. The lowest BCUT2D eigenvalue weighted by Crippen LogP contribution is -1.95. The van der Waals surface area contributed by atoms with Gasteiger partial charge in [-0.15, -0.1) is 0 Å². The zero-order valence-corrected chi connectivity index (χ0v) is 26.8. The minimum absolute atomic E-state index is 0.982. The Bertz CT molecular complexity index is 2950. The van der Waals surface area contributed by atoms with E-state index < -0.39 is 0 Å². The van der Waals surface area contributed by atoms with Gasteiger partial charge in [-0.1, -0.05) is 109 Å². The first kappa shape index (κ1) is 26.7. The summed E-state index contributed by atoms with van der Waals surface area (Å²) in [4.78, 5) is 0. The zero-order valence-electron chi connectivity index (χ0n) is 26.8. The molecule has 0 amide bonds. The van der Waals surface area contributed by atoms with Crippen LogP contribution in [0, 0.1) is 0 Å². The van der Waals surface area contributed by atoms with Gasteiger partial charge in [-0.2, -0.15) is 0 Å². The maximum Gasteiger partial charge on any atom is 0.0544 e. The molecule has 228 valence electrons. The Labute approximate surface area is 283 Å². The second-order valence-corrected chi connectivity index (χ2v) is 13.3. The zero-order chi connectivity index (χ0) is 32.1. The molecule has 1 aliphatic rings. The molecule has 0 unspecified atom stereocenters. The first-order valence-corrected chi connectivity index (χ1v) is 17.1. The number of rotatable bonds is 3. The maximum atomic E-state index is 2.45. The average Bonchev–Trinajstić information content (AvgIpc) is 3.80. The normalized spacial score (nSPS) is 12.4. The minimum atomic E-state index is 0.982. The molecule has 0 atom stereocenters. The predicted octanol–water partition coefficient (Wildman–Crippen LogP) is 12.3. The van der Waals surface area contributed by atoms with Crippen molar-refractivity contribution in [1.29, 1.82) is 0 Å². The molecule has 0 radical (unpaired) electrons. The second kappa shape index (κ2) is 10.1. The predicted molar refractivity (Wildman–Crippen MR) is 206 cm³/mol. The van der Waals surface area contributed by atoms with Crippen LogP contribution in [0.4, 0.5) is 0 Å². The highest BCUT2D eigenvalue weighted by Crippen LogP contribution is 2.44. The third kappa shape index (κ3) is 3.83. The molecule has 11 rings (SSSR count). The molecule has 0 fully saturated rings. The van der Waals surface area contributed by atoms with Gasteiger partial charge in [0.2, 0.25) is 0 Å². The molecule has 1 aliphatic carbocycles. The largest absolute Gasteiger partial charge is 0.309 e. The molecule has 49 heavy (non-hydrogen) atoms. The number of aromatic nitrogens is 2. The molecule has 2 heterocycles. The lowest BCUT2D eigenvalue weighted by atomic mass is 9.99. The van der Waals surface area contributed by atoms with Crippen molar-refractivity contribution in [2.75, 3.05) is 0 Å². The fourth-order valence-electron chi connectivity index (χ4n) is 8.50. The van der Waals surface area contributed by atoms with Crippen LogP contribution >= 0.6 is 0 Å². The highest BCUT2D eigenvalue weighted by atomic mass is 15.0. The third-order valence-electron chi connectivity index (χ3n) is 10.7. The summed E-state index contributed by atoms with van der Waals surface area (Å²) in [6.45, 7) is 0. The smallest absolute Gasteiger partial charge is 0.0544 e.